The Morgan fingerprint density at radius 3 is 2.60 bits per heavy atom. The van der Waals surface area contributed by atoms with Crippen LogP contribution in [0.3, 0.4) is 0 Å². The van der Waals surface area contributed by atoms with E-state index in [2.05, 4.69) is 36.7 Å². The number of aryl methyl sites for hydroxylation is 1. The summed E-state index contributed by atoms with van der Waals surface area (Å²) in [5.41, 5.74) is 2.98. The van der Waals surface area contributed by atoms with Crippen LogP contribution < -0.4 is 10.1 Å². The van der Waals surface area contributed by atoms with Crippen molar-refractivity contribution in [3.8, 4) is 5.75 Å². The Hall–Kier alpha value is -2.27. The SMILES string of the molecule is COc1ccc(Cn2c(C(=O)NCC(C)C)cc3sc(C)cc32)cc1. The van der Waals surface area contributed by atoms with Crippen molar-refractivity contribution in [2.45, 2.75) is 27.3 Å². The molecule has 5 heteroatoms. The summed E-state index contributed by atoms with van der Waals surface area (Å²) >= 11 is 1.72. The second-order valence-electron chi connectivity index (χ2n) is 6.67. The quantitative estimate of drug-likeness (QED) is 0.709. The zero-order valence-electron chi connectivity index (χ0n) is 15.1. The van der Waals surface area contributed by atoms with Gasteiger partial charge in [-0.25, -0.2) is 0 Å². The number of fused-ring (bicyclic) bond motifs is 1. The molecule has 2 heterocycles. The molecule has 0 aliphatic carbocycles. The summed E-state index contributed by atoms with van der Waals surface area (Å²) in [5.74, 6) is 1.25. The van der Waals surface area contributed by atoms with Crippen LogP contribution in [0.1, 0.15) is 34.8 Å². The molecule has 25 heavy (non-hydrogen) atoms. The molecule has 0 spiro atoms. The van der Waals surface area contributed by atoms with Crippen LogP contribution in [-0.4, -0.2) is 24.1 Å². The van der Waals surface area contributed by atoms with E-state index < -0.39 is 0 Å². The molecule has 0 aliphatic rings. The number of hydrogen-bond acceptors (Lipinski definition) is 3. The standard InChI is InChI=1S/C20H24N2O2S/c1-13(2)11-21-20(23)18-10-19-17(9-14(3)25-19)22(18)12-15-5-7-16(24-4)8-6-15/h5-10,13H,11-12H2,1-4H3,(H,21,23). The highest BCUT2D eigenvalue weighted by atomic mass is 32.1. The number of thiophene rings is 1. The van der Waals surface area contributed by atoms with E-state index in [4.69, 9.17) is 4.74 Å². The Morgan fingerprint density at radius 2 is 1.96 bits per heavy atom. The van der Waals surface area contributed by atoms with Crippen LogP contribution in [0.2, 0.25) is 0 Å². The molecule has 1 aromatic carbocycles. The van der Waals surface area contributed by atoms with Gasteiger partial charge in [-0.2, -0.15) is 0 Å². The Kier molecular flexibility index (Phi) is 5.13. The molecule has 1 N–H and O–H groups in total. The van der Waals surface area contributed by atoms with Gasteiger partial charge < -0.3 is 14.6 Å². The van der Waals surface area contributed by atoms with Crippen LogP contribution in [0, 0.1) is 12.8 Å². The third-order valence-corrected chi connectivity index (χ3v) is 5.10. The molecule has 0 fully saturated rings. The Morgan fingerprint density at radius 1 is 1.24 bits per heavy atom. The van der Waals surface area contributed by atoms with Gasteiger partial charge in [0.25, 0.3) is 5.91 Å². The first-order valence-electron chi connectivity index (χ1n) is 8.48. The number of nitrogens with zero attached hydrogens (tertiary/aromatic N) is 1. The number of carbonyl (C=O) groups is 1. The number of methoxy groups -OCH3 is 1. The highest BCUT2D eigenvalue weighted by Gasteiger charge is 2.17. The Labute approximate surface area is 152 Å². The van der Waals surface area contributed by atoms with Crippen LogP contribution in [0.5, 0.6) is 5.75 Å². The first-order chi connectivity index (χ1) is 12.0. The molecule has 2 aromatic heterocycles. The summed E-state index contributed by atoms with van der Waals surface area (Å²) < 4.78 is 8.49. The molecule has 3 aromatic rings. The van der Waals surface area contributed by atoms with Crippen LogP contribution in [-0.2, 0) is 6.54 Å². The van der Waals surface area contributed by atoms with Gasteiger partial charge in [-0.1, -0.05) is 26.0 Å². The minimum atomic E-state index is -0.0109. The number of hydrogen-bond donors (Lipinski definition) is 1. The number of benzene rings is 1. The molecule has 0 bridgehead atoms. The first kappa shape index (κ1) is 17.5. The lowest BCUT2D eigenvalue weighted by Crippen LogP contribution is -2.29. The fraction of sp³-hybridized carbons (Fsp3) is 0.350. The van der Waals surface area contributed by atoms with Crippen LogP contribution in [0.4, 0.5) is 0 Å². The molecule has 132 valence electrons. The molecule has 0 unspecified atom stereocenters. The molecule has 0 aliphatic heterocycles. The number of nitrogens with one attached hydrogen (secondary N) is 1. The van der Waals surface area contributed by atoms with Crippen molar-refractivity contribution in [1.82, 2.24) is 9.88 Å². The van der Waals surface area contributed by atoms with Crippen LogP contribution in [0.25, 0.3) is 10.2 Å². The summed E-state index contributed by atoms with van der Waals surface area (Å²) in [4.78, 5) is 13.9. The van der Waals surface area contributed by atoms with E-state index in [1.165, 1.54) is 4.88 Å². The molecule has 4 nitrogen and oxygen atoms in total. The molecule has 0 atom stereocenters. The van der Waals surface area contributed by atoms with Crippen LogP contribution in [0.15, 0.2) is 36.4 Å². The minimum Gasteiger partial charge on any atom is -0.497 e. The molecule has 3 rings (SSSR count). The largest absolute Gasteiger partial charge is 0.497 e. The fourth-order valence-electron chi connectivity index (χ4n) is 2.82. The van der Waals surface area contributed by atoms with Gasteiger partial charge in [0, 0.05) is 18.0 Å². The summed E-state index contributed by atoms with van der Waals surface area (Å²) in [6.45, 7) is 7.63. The van der Waals surface area contributed by atoms with Gasteiger partial charge in [-0.3, -0.25) is 4.79 Å². The van der Waals surface area contributed by atoms with Gasteiger partial charge in [0.1, 0.15) is 11.4 Å². The van der Waals surface area contributed by atoms with E-state index in [9.17, 15) is 4.79 Å². The molecule has 0 saturated heterocycles. The zero-order chi connectivity index (χ0) is 18.0. The maximum atomic E-state index is 12.7. The summed E-state index contributed by atoms with van der Waals surface area (Å²) in [6.07, 6.45) is 0. The number of amides is 1. The molecule has 0 saturated carbocycles. The molecule has 1 amide bonds. The third-order valence-electron chi connectivity index (χ3n) is 4.12. The van der Waals surface area contributed by atoms with Gasteiger partial charge in [-0.05, 0) is 42.7 Å². The topological polar surface area (TPSA) is 43.3 Å². The van der Waals surface area contributed by atoms with Crippen molar-refractivity contribution in [3.05, 3.63) is 52.5 Å². The van der Waals surface area contributed by atoms with Crippen molar-refractivity contribution < 1.29 is 9.53 Å². The zero-order valence-corrected chi connectivity index (χ0v) is 15.9. The van der Waals surface area contributed by atoms with Crippen molar-refractivity contribution in [3.63, 3.8) is 0 Å². The minimum absolute atomic E-state index is 0.0109. The third kappa shape index (κ3) is 3.87. The van der Waals surface area contributed by atoms with Crippen LogP contribution >= 0.6 is 11.3 Å². The van der Waals surface area contributed by atoms with E-state index in [1.54, 1.807) is 18.4 Å². The molecule has 0 radical (unpaired) electrons. The number of ether oxygens (including phenoxy) is 1. The van der Waals surface area contributed by atoms with Gasteiger partial charge in [0.05, 0.1) is 17.3 Å². The Balaban J connectivity index is 1.95. The highest BCUT2D eigenvalue weighted by molar-refractivity contribution is 7.19. The highest BCUT2D eigenvalue weighted by Crippen LogP contribution is 2.29. The lowest BCUT2D eigenvalue weighted by molar-refractivity contribution is 0.0940. The number of carbonyl (C=O) groups excluding carboxylic acids is 1. The van der Waals surface area contributed by atoms with Crippen molar-refractivity contribution in [2.24, 2.45) is 5.92 Å². The van der Waals surface area contributed by atoms with E-state index >= 15 is 0 Å². The second kappa shape index (κ2) is 7.31. The molecular weight excluding hydrogens is 332 g/mol. The second-order valence-corrected chi connectivity index (χ2v) is 7.96. The van der Waals surface area contributed by atoms with Crippen molar-refractivity contribution in [2.75, 3.05) is 13.7 Å². The first-order valence-corrected chi connectivity index (χ1v) is 9.30. The average Bonchev–Trinajstić information content (AvgIpc) is 3.10. The van der Waals surface area contributed by atoms with Crippen molar-refractivity contribution >= 4 is 27.5 Å². The van der Waals surface area contributed by atoms with E-state index in [-0.39, 0.29) is 5.91 Å². The van der Waals surface area contributed by atoms with Gasteiger partial charge >= 0.3 is 0 Å². The average molecular weight is 356 g/mol. The number of aromatic nitrogens is 1. The maximum Gasteiger partial charge on any atom is 0.267 e. The monoisotopic (exact) mass is 356 g/mol. The van der Waals surface area contributed by atoms with Gasteiger partial charge in [0.15, 0.2) is 0 Å². The summed E-state index contributed by atoms with van der Waals surface area (Å²) in [7, 11) is 1.66. The lowest BCUT2D eigenvalue weighted by Gasteiger charge is -2.12. The smallest absolute Gasteiger partial charge is 0.267 e. The van der Waals surface area contributed by atoms with Crippen molar-refractivity contribution in [1.29, 1.82) is 0 Å². The van der Waals surface area contributed by atoms with E-state index in [1.807, 2.05) is 30.3 Å². The molecular formula is C20H24N2O2S. The maximum absolute atomic E-state index is 12.7. The van der Waals surface area contributed by atoms with E-state index in [0.29, 0.717) is 19.0 Å². The summed E-state index contributed by atoms with van der Waals surface area (Å²) in [6, 6.07) is 12.1. The summed E-state index contributed by atoms with van der Waals surface area (Å²) in [5, 5.41) is 3.03. The fourth-order valence-corrected chi connectivity index (χ4v) is 3.79. The van der Waals surface area contributed by atoms with E-state index in [0.717, 1.165) is 27.2 Å². The normalized spacial score (nSPS) is 11.2. The lowest BCUT2D eigenvalue weighted by atomic mass is 10.2. The number of rotatable bonds is 6. The predicted octanol–water partition coefficient (Wildman–Crippen LogP) is 4.45. The predicted molar refractivity (Wildman–Crippen MR) is 104 cm³/mol. The van der Waals surface area contributed by atoms with Gasteiger partial charge in [0.2, 0.25) is 0 Å². The van der Waals surface area contributed by atoms with Gasteiger partial charge in [-0.15, -0.1) is 11.3 Å². The Bertz CT molecular complexity index is 875.